The number of nitrogens with zero attached hydrogens (tertiary/aromatic N) is 2. The Bertz CT molecular complexity index is 1060. The van der Waals surface area contributed by atoms with Crippen LogP contribution < -0.4 is 9.73 Å². The lowest BCUT2D eigenvalue weighted by atomic mass is 10.2. The summed E-state index contributed by atoms with van der Waals surface area (Å²) in [6.45, 7) is 1.48. The van der Waals surface area contributed by atoms with Crippen LogP contribution in [0.15, 0.2) is 82.1 Å². The molecule has 144 valence electrons. The molecule has 1 aromatic heterocycles. The fourth-order valence-electron chi connectivity index (χ4n) is 2.52. The van der Waals surface area contributed by atoms with Crippen molar-refractivity contribution in [3.05, 3.63) is 82.6 Å². The molecule has 0 unspecified atom stereocenters. The van der Waals surface area contributed by atoms with Crippen LogP contribution in [0.3, 0.4) is 0 Å². The topological polar surface area (TPSA) is 78.8 Å². The summed E-state index contributed by atoms with van der Waals surface area (Å²) in [5, 5.41) is 5.80. The molecule has 3 aromatic rings. The summed E-state index contributed by atoms with van der Waals surface area (Å²) < 4.78 is 27.4. The van der Waals surface area contributed by atoms with Crippen molar-refractivity contribution in [3.63, 3.8) is 0 Å². The van der Waals surface area contributed by atoms with Crippen molar-refractivity contribution < 1.29 is 13.2 Å². The number of aryl methyl sites for hydroxylation is 1. The molecular weight excluding hydrogens is 394 g/mol. The molecule has 0 fully saturated rings. The molecule has 0 aliphatic carbocycles. The van der Waals surface area contributed by atoms with Crippen LogP contribution in [0.5, 0.6) is 0 Å². The number of sulfonamides is 1. The average molecular weight is 414 g/mol. The van der Waals surface area contributed by atoms with Crippen LogP contribution in [0.1, 0.15) is 10.4 Å². The summed E-state index contributed by atoms with van der Waals surface area (Å²) in [6, 6.07) is 18.8. The molecule has 8 heteroatoms. The van der Waals surface area contributed by atoms with Gasteiger partial charge in [-0.15, -0.1) is 11.3 Å². The molecule has 1 amide bonds. The third-order valence-corrected chi connectivity index (χ3v) is 6.43. The number of thiophene rings is 1. The number of rotatable bonds is 7. The minimum absolute atomic E-state index is 0.117. The normalized spacial score (nSPS) is 11.5. The van der Waals surface area contributed by atoms with E-state index >= 15 is 0 Å². The molecule has 0 radical (unpaired) electrons. The van der Waals surface area contributed by atoms with Gasteiger partial charge in [0.05, 0.1) is 16.8 Å². The van der Waals surface area contributed by atoms with E-state index in [9.17, 15) is 13.2 Å². The number of amides is 1. The summed E-state index contributed by atoms with van der Waals surface area (Å²) in [6.07, 6.45) is 1.52. The molecule has 1 N–H and O–H groups in total. The maximum absolute atomic E-state index is 13.1. The average Bonchev–Trinajstić information content (AvgIpc) is 3.20. The van der Waals surface area contributed by atoms with Gasteiger partial charge in [-0.2, -0.15) is 5.10 Å². The highest BCUT2D eigenvalue weighted by Crippen LogP contribution is 2.24. The third kappa shape index (κ3) is 4.85. The van der Waals surface area contributed by atoms with Crippen LogP contribution in [-0.2, 0) is 14.8 Å². The van der Waals surface area contributed by atoms with E-state index in [2.05, 4.69) is 10.5 Å². The lowest BCUT2D eigenvalue weighted by Gasteiger charge is -2.24. The molecule has 0 saturated carbocycles. The molecule has 0 aliphatic heterocycles. The van der Waals surface area contributed by atoms with Crippen molar-refractivity contribution >= 4 is 39.2 Å². The van der Waals surface area contributed by atoms with Crippen molar-refractivity contribution in [1.82, 2.24) is 5.43 Å². The third-order valence-electron chi connectivity index (χ3n) is 3.83. The van der Waals surface area contributed by atoms with Crippen molar-refractivity contribution in [2.24, 2.45) is 5.10 Å². The highest BCUT2D eigenvalue weighted by atomic mass is 32.2. The van der Waals surface area contributed by atoms with Gasteiger partial charge in [0.2, 0.25) is 0 Å². The predicted molar refractivity (Wildman–Crippen MR) is 112 cm³/mol. The van der Waals surface area contributed by atoms with E-state index in [1.807, 2.05) is 30.5 Å². The molecule has 28 heavy (non-hydrogen) atoms. The molecule has 0 spiro atoms. The fraction of sp³-hybridized carbons (Fsp3) is 0.100. The monoisotopic (exact) mass is 413 g/mol. The Labute approximate surface area is 168 Å². The van der Waals surface area contributed by atoms with Gasteiger partial charge in [-0.25, -0.2) is 13.8 Å². The maximum Gasteiger partial charge on any atom is 0.264 e. The Morgan fingerprint density at radius 3 is 2.57 bits per heavy atom. The second-order valence-electron chi connectivity index (χ2n) is 5.97. The Balaban J connectivity index is 1.85. The zero-order valence-electron chi connectivity index (χ0n) is 15.1. The van der Waals surface area contributed by atoms with Gasteiger partial charge >= 0.3 is 0 Å². The molecule has 0 saturated heterocycles. The zero-order valence-corrected chi connectivity index (χ0v) is 16.8. The SMILES string of the molecule is Cc1cccc(N(CC(=O)N/N=C/c2cccs2)S(=O)(=O)c2ccccc2)c1. The van der Waals surface area contributed by atoms with Crippen LogP contribution >= 0.6 is 11.3 Å². The summed E-state index contributed by atoms with van der Waals surface area (Å²) in [5.41, 5.74) is 3.70. The molecule has 2 aromatic carbocycles. The Morgan fingerprint density at radius 1 is 1.11 bits per heavy atom. The van der Waals surface area contributed by atoms with Crippen molar-refractivity contribution in [2.75, 3.05) is 10.8 Å². The van der Waals surface area contributed by atoms with Gasteiger partial charge in [-0.1, -0.05) is 36.4 Å². The van der Waals surface area contributed by atoms with Crippen molar-refractivity contribution in [3.8, 4) is 0 Å². The Hall–Kier alpha value is -2.97. The van der Waals surface area contributed by atoms with Crippen LogP contribution in [0.2, 0.25) is 0 Å². The van der Waals surface area contributed by atoms with E-state index in [1.165, 1.54) is 29.7 Å². The first-order valence-electron chi connectivity index (χ1n) is 8.47. The number of carbonyl (C=O) groups excluding carboxylic acids is 1. The van der Waals surface area contributed by atoms with Crippen LogP contribution in [0, 0.1) is 6.92 Å². The molecule has 1 heterocycles. The Morgan fingerprint density at radius 2 is 1.89 bits per heavy atom. The van der Waals surface area contributed by atoms with Crippen LogP contribution in [-0.4, -0.2) is 27.1 Å². The van der Waals surface area contributed by atoms with E-state index in [-0.39, 0.29) is 11.4 Å². The van der Waals surface area contributed by atoms with Gasteiger partial charge in [0, 0.05) is 4.88 Å². The second kappa shape index (κ2) is 8.81. The standard InChI is InChI=1S/C20H19N3O3S2/c1-16-7-5-8-17(13-16)23(28(25,26)19-10-3-2-4-11-19)15-20(24)22-21-14-18-9-6-12-27-18/h2-14H,15H2,1H3,(H,22,24)/b21-14+. The number of hydrogen-bond donors (Lipinski definition) is 1. The van der Waals surface area contributed by atoms with Crippen molar-refractivity contribution in [1.29, 1.82) is 0 Å². The first-order valence-corrected chi connectivity index (χ1v) is 10.8. The molecular formula is C20H19N3O3S2. The number of nitrogens with one attached hydrogen (secondary N) is 1. The van der Waals surface area contributed by atoms with Gasteiger partial charge in [0.15, 0.2) is 0 Å². The maximum atomic E-state index is 13.1. The quantitative estimate of drug-likeness (QED) is 0.476. The number of anilines is 1. The largest absolute Gasteiger partial charge is 0.271 e. The summed E-state index contributed by atoms with van der Waals surface area (Å²) in [5.74, 6) is -0.534. The summed E-state index contributed by atoms with van der Waals surface area (Å²) >= 11 is 1.48. The lowest BCUT2D eigenvalue weighted by Crippen LogP contribution is -2.39. The van der Waals surface area contributed by atoms with Crippen molar-refractivity contribution in [2.45, 2.75) is 11.8 Å². The van der Waals surface area contributed by atoms with E-state index in [4.69, 9.17) is 0 Å². The van der Waals surface area contributed by atoms with Gasteiger partial charge < -0.3 is 0 Å². The number of benzene rings is 2. The van der Waals surface area contributed by atoms with E-state index < -0.39 is 15.9 Å². The minimum atomic E-state index is -3.91. The van der Waals surface area contributed by atoms with E-state index in [0.717, 1.165) is 14.7 Å². The van der Waals surface area contributed by atoms with Crippen LogP contribution in [0.4, 0.5) is 5.69 Å². The van der Waals surface area contributed by atoms with E-state index in [1.54, 1.807) is 36.4 Å². The molecule has 6 nitrogen and oxygen atoms in total. The molecule has 0 aliphatic rings. The number of carbonyl (C=O) groups is 1. The Kier molecular flexibility index (Phi) is 6.23. The summed E-state index contributed by atoms with van der Waals surface area (Å²) in [7, 11) is -3.91. The molecule has 0 bridgehead atoms. The predicted octanol–water partition coefficient (Wildman–Crippen LogP) is 3.40. The number of hydrogen-bond acceptors (Lipinski definition) is 5. The fourth-order valence-corrected chi connectivity index (χ4v) is 4.54. The smallest absolute Gasteiger partial charge is 0.264 e. The van der Waals surface area contributed by atoms with Gasteiger partial charge in [-0.3, -0.25) is 9.10 Å². The van der Waals surface area contributed by atoms with Gasteiger partial charge in [0.1, 0.15) is 6.54 Å². The van der Waals surface area contributed by atoms with Crippen LogP contribution in [0.25, 0.3) is 0 Å². The molecule has 3 rings (SSSR count). The van der Waals surface area contributed by atoms with E-state index in [0.29, 0.717) is 5.69 Å². The number of hydrazone groups is 1. The first kappa shape index (κ1) is 19.8. The zero-order chi connectivity index (χ0) is 20.0. The second-order valence-corrected chi connectivity index (χ2v) is 8.81. The minimum Gasteiger partial charge on any atom is -0.271 e. The highest BCUT2D eigenvalue weighted by molar-refractivity contribution is 7.92. The molecule has 0 atom stereocenters. The summed E-state index contributed by atoms with van der Waals surface area (Å²) in [4.78, 5) is 13.4. The van der Waals surface area contributed by atoms with Gasteiger partial charge in [0.25, 0.3) is 15.9 Å². The first-order chi connectivity index (χ1) is 13.5. The highest BCUT2D eigenvalue weighted by Gasteiger charge is 2.27. The van der Waals surface area contributed by atoms with Gasteiger partial charge in [-0.05, 0) is 48.2 Å². The lowest BCUT2D eigenvalue weighted by molar-refractivity contribution is -0.119.